The Hall–Kier alpha value is -2.50. The molecule has 0 fully saturated rings. The third kappa shape index (κ3) is 3.04. The second kappa shape index (κ2) is 5.43. The number of hydrogen-bond donors (Lipinski definition) is 1. The number of hydrogen-bond acceptors (Lipinski definition) is 4. The highest BCUT2D eigenvalue weighted by molar-refractivity contribution is 6.10. The van der Waals surface area contributed by atoms with Crippen molar-refractivity contribution >= 4 is 11.5 Å². The van der Waals surface area contributed by atoms with Crippen LogP contribution in [0, 0.1) is 0 Å². The largest absolute Gasteiger partial charge is 0.434 e. The number of alkyl halides is 2. The van der Waals surface area contributed by atoms with Crippen molar-refractivity contribution in [1.29, 1.82) is 0 Å². The zero-order valence-electron chi connectivity index (χ0n) is 9.72. The van der Waals surface area contributed by atoms with E-state index in [1.807, 2.05) is 0 Å². The molecule has 1 aromatic heterocycles. The maximum absolute atomic E-state index is 12.3. The van der Waals surface area contributed by atoms with Crippen molar-refractivity contribution in [2.75, 3.05) is 5.73 Å². The number of nitrogens with two attached hydrogens (primary N) is 1. The summed E-state index contributed by atoms with van der Waals surface area (Å²) in [5.41, 5.74) is 6.09. The van der Waals surface area contributed by atoms with Gasteiger partial charge in [-0.1, -0.05) is 0 Å². The highest BCUT2D eigenvalue weighted by Crippen LogP contribution is 2.26. The Bertz CT molecular complexity index is 588. The van der Waals surface area contributed by atoms with Crippen molar-refractivity contribution in [3.63, 3.8) is 0 Å². The predicted molar refractivity (Wildman–Crippen MR) is 65.2 cm³/mol. The normalized spacial score (nSPS) is 10.5. The Morgan fingerprint density at radius 2 is 1.89 bits per heavy atom. The summed E-state index contributed by atoms with van der Waals surface area (Å²) in [7, 11) is 0. The average molecular weight is 264 g/mol. The molecule has 1 aromatic carbocycles. The Labute approximate surface area is 107 Å². The minimum atomic E-state index is -3.02. The van der Waals surface area contributed by atoms with Gasteiger partial charge in [0.15, 0.2) is 5.78 Å². The number of rotatable bonds is 4. The Morgan fingerprint density at radius 1 is 1.21 bits per heavy atom. The standard InChI is InChI=1S/C13H10F2N2O2/c14-13(15)19-11-7-9(16)1-2-10(11)12(18)8-3-5-17-6-4-8/h1-7,13H,16H2. The van der Waals surface area contributed by atoms with Gasteiger partial charge < -0.3 is 10.5 Å². The summed E-state index contributed by atoms with van der Waals surface area (Å²) in [6.45, 7) is -3.02. The van der Waals surface area contributed by atoms with Crippen LogP contribution in [0.4, 0.5) is 14.5 Å². The number of nitrogen functional groups attached to an aromatic ring is 1. The van der Waals surface area contributed by atoms with Crippen molar-refractivity contribution < 1.29 is 18.3 Å². The average Bonchev–Trinajstić information content (AvgIpc) is 2.38. The van der Waals surface area contributed by atoms with E-state index in [4.69, 9.17) is 5.73 Å². The maximum Gasteiger partial charge on any atom is 0.387 e. The van der Waals surface area contributed by atoms with Crippen LogP contribution in [0.15, 0.2) is 42.7 Å². The second-order valence-electron chi connectivity index (χ2n) is 3.70. The van der Waals surface area contributed by atoms with E-state index in [0.717, 1.165) is 0 Å². The fourth-order valence-electron chi connectivity index (χ4n) is 1.58. The molecule has 0 unspecified atom stereocenters. The zero-order chi connectivity index (χ0) is 13.8. The molecule has 2 rings (SSSR count). The van der Waals surface area contributed by atoms with Crippen molar-refractivity contribution in [3.05, 3.63) is 53.9 Å². The molecule has 1 heterocycles. The van der Waals surface area contributed by atoms with Crippen molar-refractivity contribution in [3.8, 4) is 5.75 Å². The van der Waals surface area contributed by atoms with E-state index in [9.17, 15) is 13.6 Å². The molecule has 4 nitrogen and oxygen atoms in total. The monoisotopic (exact) mass is 264 g/mol. The van der Waals surface area contributed by atoms with Gasteiger partial charge in [0, 0.05) is 29.7 Å². The van der Waals surface area contributed by atoms with Gasteiger partial charge >= 0.3 is 6.61 Å². The quantitative estimate of drug-likeness (QED) is 0.680. The van der Waals surface area contributed by atoms with E-state index in [2.05, 4.69) is 9.72 Å². The van der Waals surface area contributed by atoms with Gasteiger partial charge in [-0.3, -0.25) is 9.78 Å². The van der Waals surface area contributed by atoms with Gasteiger partial charge in [-0.15, -0.1) is 0 Å². The number of aromatic nitrogens is 1. The third-order valence-corrected chi connectivity index (χ3v) is 2.41. The number of halogens is 2. The van der Waals surface area contributed by atoms with Gasteiger partial charge in [0.2, 0.25) is 0 Å². The molecule has 2 N–H and O–H groups in total. The van der Waals surface area contributed by atoms with E-state index >= 15 is 0 Å². The highest BCUT2D eigenvalue weighted by atomic mass is 19.3. The first-order valence-corrected chi connectivity index (χ1v) is 5.37. The van der Waals surface area contributed by atoms with Gasteiger partial charge in [-0.25, -0.2) is 0 Å². The lowest BCUT2D eigenvalue weighted by atomic mass is 10.0. The van der Waals surface area contributed by atoms with Crippen LogP contribution >= 0.6 is 0 Å². The molecule has 6 heteroatoms. The van der Waals surface area contributed by atoms with E-state index in [-0.39, 0.29) is 17.0 Å². The van der Waals surface area contributed by atoms with Crippen molar-refractivity contribution in [2.45, 2.75) is 6.61 Å². The molecule has 0 aliphatic heterocycles. The van der Waals surface area contributed by atoms with E-state index in [1.54, 1.807) is 0 Å². The van der Waals surface area contributed by atoms with Crippen LogP contribution in [-0.2, 0) is 0 Å². The topological polar surface area (TPSA) is 65.2 Å². The van der Waals surface area contributed by atoms with Crippen molar-refractivity contribution in [2.24, 2.45) is 0 Å². The summed E-state index contributed by atoms with van der Waals surface area (Å²) in [6, 6.07) is 6.98. The molecule has 0 saturated heterocycles. The summed E-state index contributed by atoms with van der Waals surface area (Å²) >= 11 is 0. The number of nitrogens with zero attached hydrogens (tertiary/aromatic N) is 1. The Kier molecular flexibility index (Phi) is 3.70. The third-order valence-electron chi connectivity index (χ3n) is 2.41. The zero-order valence-corrected chi connectivity index (χ0v) is 9.72. The molecular weight excluding hydrogens is 254 g/mol. The molecule has 0 aliphatic rings. The number of ketones is 1. The molecule has 0 saturated carbocycles. The molecule has 2 aromatic rings. The van der Waals surface area contributed by atoms with Crippen LogP contribution in [0.2, 0.25) is 0 Å². The van der Waals surface area contributed by atoms with Crippen LogP contribution in [-0.4, -0.2) is 17.4 Å². The second-order valence-corrected chi connectivity index (χ2v) is 3.70. The fourth-order valence-corrected chi connectivity index (χ4v) is 1.58. The first-order valence-electron chi connectivity index (χ1n) is 5.37. The molecule has 0 aliphatic carbocycles. The summed E-state index contributed by atoms with van der Waals surface area (Å²) in [5, 5.41) is 0. The summed E-state index contributed by atoms with van der Waals surface area (Å²) in [5.74, 6) is -0.671. The Morgan fingerprint density at radius 3 is 2.53 bits per heavy atom. The van der Waals surface area contributed by atoms with Crippen LogP contribution < -0.4 is 10.5 Å². The number of benzene rings is 1. The molecule has 19 heavy (non-hydrogen) atoms. The number of ether oxygens (including phenoxy) is 1. The number of anilines is 1. The van der Waals surface area contributed by atoms with Crippen LogP contribution in [0.1, 0.15) is 15.9 Å². The van der Waals surface area contributed by atoms with E-state index in [0.29, 0.717) is 5.56 Å². The van der Waals surface area contributed by atoms with E-state index < -0.39 is 12.4 Å². The lowest BCUT2D eigenvalue weighted by Crippen LogP contribution is -2.09. The SMILES string of the molecule is Nc1ccc(C(=O)c2ccncc2)c(OC(F)F)c1. The van der Waals surface area contributed by atoms with Gasteiger partial charge in [0.25, 0.3) is 0 Å². The van der Waals surface area contributed by atoms with Crippen LogP contribution in [0.5, 0.6) is 5.75 Å². The molecule has 0 spiro atoms. The van der Waals surface area contributed by atoms with Crippen LogP contribution in [0.25, 0.3) is 0 Å². The number of carbonyl (C=O) groups excluding carboxylic acids is 1. The minimum absolute atomic E-state index is 0.0284. The summed E-state index contributed by atoms with van der Waals surface area (Å²) in [6.07, 6.45) is 2.89. The molecule has 0 radical (unpaired) electrons. The lowest BCUT2D eigenvalue weighted by molar-refractivity contribution is -0.0500. The smallest absolute Gasteiger partial charge is 0.387 e. The van der Waals surface area contributed by atoms with E-state index in [1.165, 1.54) is 42.7 Å². The van der Waals surface area contributed by atoms with Gasteiger partial charge in [0.1, 0.15) is 5.75 Å². The van der Waals surface area contributed by atoms with Gasteiger partial charge in [0.05, 0.1) is 5.56 Å². The molecule has 0 bridgehead atoms. The number of carbonyl (C=O) groups is 1. The predicted octanol–water partition coefficient (Wildman–Crippen LogP) is 2.50. The van der Waals surface area contributed by atoms with Crippen LogP contribution in [0.3, 0.4) is 0 Å². The van der Waals surface area contributed by atoms with Crippen molar-refractivity contribution in [1.82, 2.24) is 4.98 Å². The molecular formula is C13H10F2N2O2. The summed E-state index contributed by atoms with van der Waals surface area (Å²) in [4.78, 5) is 15.9. The molecule has 98 valence electrons. The minimum Gasteiger partial charge on any atom is -0.434 e. The van der Waals surface area contributed by atoms with Gasteiger partial charge in [-0.05, 0) is 24.3 Å². The maximum atomic E-state index is 12.3. The fraction of sp³-hybridized carbons (Fsp3) is 0.0769. The summed E-state index contributed by atoms with van der Waals surface area (Å²) < 4.78 is 28.9. The first kappa shape index (κ1) is 12.9. The molecule has 0 atom stereocenters. The lowest BCUT2D eigenvalue weighted by Gasteiger charge is -2.10. The van der Waals surface area contributed by atoms with Gasteiger partial charge in [-0.2, -0.15) is 8.78 Å². The first-order chi connectivity index (χ1) is 9.08. The number of pyridine rings is 1. The highest BCUT2D eigenvalue weighted by Gasteiger charge is 2.17. The molecule has 0 amide bonds. The Balaban J connectivity index is 2.41.